The van der Waals surface area contributed by atoms with Gasteiger partial charge in [-0.1, -0.05) is 18.2 Å². The van der Waals surface area contributed by atoms with Gasteiger partial charge in [0.1, 0.15) is 17.1 Å². The van der Waals surface area contributed by atoms with Gasteiger partial charge in [-0.25, -0.2) is 23.1 Å². The fourth-order valence-corrected chi connectivity index (χ4v) is 5.50. The second-order valence-corrected chi connectivity index (χ2v) is 10.3. The maximum Gasteiger partial charge on any atom is 0.240 e. The number of nitrogens with one attached hydrogen (secondary N) is 1. The number of ether oxygens (including phenoxy) is 1. The Bertz CT molecular complexity index is 1410. The first-order valence-corrected chi connectivity index (χ1v) is 13.1. The van der Waals surface area contributed by atoms with Crippen molar-refractivity contribution in [3.63, 3.8) is 0 Å². The summed E-state index contributed by atoms with van der Waals surface area (Å²) in [7, 11) is -3.67. The number of rotatable bonds is 8. The van der Waals surface area contributed by atoms with Crippen molar-refractivity contribution in [2.45, 2.75) is 50.6 Å². The molecule has 2 aromatic heterocycles. The molecule has 8 heteroatoms. The zero-order valence-corrected chi connectivity index (χ0v) is 20.0. The number of aryl methyl sites for hydroxylation is 2. The lowest BCUT2D eigenvalue weighted by atomic mass is 9.92. The Morgan fingerprint density at radius 1 is 1.03 bits per heavy atom. The molecule has 4 aromatic rings. The molecule has 176 valence electrons. The Balaban J connectivity index is 1.40. The van der Waals surface area contributed by atoms with Crippen LogP contribution in [-0.2, 0) is 36.0 Å². The van der Waals surface area contributed by atoms with Gasteiger partial charge >= 0.3 is 0 Å². The minimum absolute atomic E-state index is 0.0762. The fourth-order valence-electron chi connectivity index (χ4n) is 4.47. The van der Waals surface area contributed by atoms with Gasteiger partial charge < -0.3 is 9.30 Å². The van der Waals surface area contributed by atoms with Gasteiger partial charge in [0, 0.05) is 6.20 Å². The van der Waals surface area contributed by atoms with Crippen LogP contribution in [0, 0.1) is 0 Å². The molecule has 0 saturated carbocycles. The van der Waals surface area contributed by atoms with Crippen molar-refractivity contribution in [3.05, 3.63) is 83.3 Å². The van der Waals surface area contributed by atoms with Crippen molar-refractivity contribution in [1.82, 2.24) is 19.3 Å². The molecule has 7 nitrogen and oxygen atoms in total. The van der Waals surface area contributed by atoms with Crippen molar-refractivity contribution < 1.29 is 13.2 Å². The topological polar surface area (TPSA) is 86.1 Å². The molecule has 0 radical (unpaired) electrons. The summed E-state index contributed by atoms with van der Waals surface area (Å²) in [6.45, 7) is 3.17. The van der Waals surface area contributed by atoms with E-state index in [-0.39, 0.29) is 6.54 Å². The molecule has 1 aliphatic rings. The molecule has 0 unspecified atom stereocenters. The van der Waals surface area contributed by atoms with Crippen LogP contribution in [-0.4, -0.2) is 29.6 Å². The van der Waals surface area contributed by atoms with Crippen molar-refractivity contribution in [2.75, 3.05) is 6.61 Å². The molecule has 0 atom stereocenters. The van der Waals surface area contributed by atoms with Gasteiger partial charge in [0.05, 0.1) is 24.6 Å². The number of benzene rings is 2. The van der Waals surface area contributed by atoms with Gasteiger partial charge in [-0.2, -0.15) is 0 Å². The SMILES string of the molecule is CCOc1ccc(Cn2c(CNS(=O)(=O)c3ccc4c(c3)CCCC4)nc3cccnc32)cc1. The lowest BCUT2D eigenvalue weighted by Gasteiger charge is -2.17. The van der Waals surface area contributed by atoms with E-state index in [4.69, 9.17) is 4.74 Å². The van der Waals surface area contributed by atoms with E-state index < -0.39 is 10.0 Å². The molecule has 0 saturated heterocycles. The lowest BCUT2D eigenvalue weighted by Crippen LogP contribution is -2.25. The molecular weight excluding hydrogens is 448 g/mol. The van der Waals surface area contributed by atoms with E-state index in [1.165, 1.54) is 5.56 Å². The average Bonchev–Trinajstić information content (AvgIpc) is 3.21. The number of aromatic nitrogens is 3. The third-order valence-electron chi connectivity index (χ3n) is 6.21. The summed E-state index contributed by atoms with van der Waals surface area (Å²) in [5.41, 5.74) is 4.90. The van der Waals surface area contributed by atoms with Crippen LogP contribution < -0.4 is 9.46 Å². The third-order valence-corrected chi connectivity index (χ3v) is 7.61. The summed E-state index contributed by atoms with van der Waals surface area (Å²) in [5.74, 6) is 1.43. The minimum Gasteiger partial charge on any atom is -0.494 e. The van der Waals surface area contributed by atoms with E-state index in [9.17, 15) is 8.42 Å². The summed E-state index contributed by atoms with van der Waals surface area (Å²) in [6, 6.07) is 17.1. The third kappa shape index (κ3) is 4.69. The van der Waals surface area contributed by atoms with Crippen LogP contribution in [0.2, 0.25) is 0 Å². The van der Waals surface area contributed by atoms with Crippen LogP contribution in [0.4, 0.5) is 0 Å². The summed E-state index contributed by atoms with van der Waals surface area (Å²) >= 11 is 0. The number of pyridine rings is 1. The van der Waals surface area contributed by atoms with Gasteiger partial charge in [-0.15, -0.1) is 0 Å². The van der Waals surface area contributed by atoms with E-state index in [1.54, 1.807) is 12.3 Å². The van der Waals surface area contributed by atoms with E-state index >= 15 is 0 Å². The highest BCUT2D eigenvalue weighted by Gasteiger charge is 2.20. The van der Waals surface area contributed by atoms with Crippen molar-refractivity contribution in [1.29, 1.82) is 0 Å². The molecule has 0 bridgehead atoms. The molecule has 2 heterocycles. The number of imidazole rings is 1. The van der Waals surface area contributed by atoms with Crippen LogP contribution in [0.25, 0.3) is 11.2 Å². The van der Waals surface area contributed by atoms with Crippen molar-refractivity contribution in [3.8, 4) is 5.75 Å². The summed E-state index contributed by atoms with van der Waals surface area (Å²) in [6.07, 6.45) is 5.94. The second-order valence-electron chi connectivity index (χ2n) is 8.50. The zero-order chi connectivity index (χ0) is 23.5. The number of fused-ring (bicyclic) bond motifs is 2. The molecule has 0 spiro atoms. The van der Waals surface area contributed by atoms with Crippen LogP contribution in [0.15, 0.2) is 65.7 Å². The number of nitrogens with zero attached hydrogens (tertiary/aromatic N) is 3. The molecule has 2 aromatic carbocycles. The summed E-state index contributed by atoms with van der Waals surface area (Å²) in [5, 5.41) is 0. The molecule has 34 heavy (non-hydrogen) atoms. The highest BCUT2D eigenvalue weighted by Crippen LogP contribution is 2.24. The van der Waals surface area contributed by atoms with Gasteiger partial charge in [0.15, 0.2) is 5.65 Å². The Morgan fingerprint density at radius 3 is 2.62 bits per heavy atom. The standard InChI is InChI=1S/C26H28N4O3S/c1-2-33-22-12-9-19(10-13-22)18-30-25(29-24-8-5-15-27-26(24)30)17-28-34(31,32)23-14-11-20-6-3-4-7-21(20)16-23/h5,8-16,28H,2-4,6-7,17-18H2,1H3. The molecule has 0 amide bonds. The Labute approximate surface area is 199 Å². The second kappa shape index (κ2) is 9.56. The lowest BCUT2D eigenvalue weighted by molar-refractivity contribution is 0.340. The van der Waals surface area contributed by atoms with Crippen molar-refractivity contribution in [2.24, 2.45) is 0 Å². The molecular formula is C26H28N4O3S. The quantitative estimate of drug-likeness (QED) is 0.411. The molecule has 0 aliphatic heterocycles. The highest BCUT2D eigenvalue weighted by atomic mass is 32.2. The largest absolute Gasteiger partial charge is 0.494 e. The monoisotopic (exact) mass is 476 g/mol. The molecule has 0 fully saturated rings. The van der Waals surface area contributed by atoms with Crippen LogP contribution in [0.5, 0.6) is 5.75 Å². The normalized spacial score (nSPS) is 13.7. The molecule has 1 N–H and O–H groups in total. The number of hydrogen-bond donors (Lipinski definition) is 1. The Morgan fingerprint density at radius 2 is 1.82 bits per heavy atom. The maximum atomic E-state index is 13.1. The minimum atomic E-state index is -3.67. The first-order valence-electron chi connectivity index (χ1n) is 11.7. The predicted octanol–water partition coefficient (Wildman–Crippen LogP) is 4.24. The smallest absolute Gasteiger partial charge is 0.240 e. The maximum absolute atomic E-state index is 13.1. The van der Waals surface area contributed by atoms with Crippen LogP contribution in [0.3, 0.4) is 0 Å². The van der Waals surface area contributed by atoms with Crippen molar-refractivity contribution >= 4 is 21.2 Å². The van der Waals surface area contributed by atoms with E-state index in [0.29, 0.717) is 23.9 Å². The van der Waals surface area contributed by atoms with Crippen LogP contribution >= 0.6 is 0 Å². The molecule has 1 aliphatic carbocycles. The Kier molecular flexibility index (Phi) is 6.34. The van der Waals surface area contributed by atoms with Gasteiger partial charge in [-0.3, -0.25) is 0 Å². The Hall–Kier alpha value is -3.23. The number of sulfonamides is 1. The first kappa shape index (κ1) is 22.6. The highest BCUT2D eigenvalue weighted by molar-refractivity contribution is 7.89. The average molecular weight is 477 g/mol. The van der Waals surface area contributed by atoms with Gasteiger partial charge in [0.25, 0.3) is 0 Å². The number of hydrogen-bond acceptors (Lipinski definition) is 5. The predicted molar refractivity (Wildman–Crippen MR) is 131 cm³/mol. The van der Waals surface area contributed by atoms with Gasteiger partial charge in [0.2, 0.25) is 10.0 Å². The molecule has 5 rings (SSSR count). The van der Waals surface area contributed by atoms with E-state index in [2.05, 4.69) is 14.7 Å². The van der Waals surface area contributed by atoms with Gasteiger partial charge in [-0.05, 0) is 85.7 Å². The first-order chi connectivity index (χ1) is 16.5. The fraction of sp³-hybridized carbons (Fsp3) is 0.308. The van der Waals surface area contributed by atoms with E-state index in [1.807, 2.05) is 60.0 Å². The van der Waals surface area contributed by atoms with Crippen LogP contribution in [0.1, 0.15) is 42.3 Å². The summed E-state index contributed by atoms with van der Waals surface area (Å²) in [4.78, 5) is 9.47. The van der Waals surface area contributed by atoms with E-state index in [0.717, 1.165) is 53.7 Å². The summed E-state index contributed by atoms with van der Waals surface area (Å²) < 4.78 is 36.4. The zero-order valence-electron chi connectivity index (χ0n) is 19.2.